The third kappa shape index (κ3) is 4.48. The standard InChI is InChI=1S/C16H16F3NO/c1-11-4-3-9-20-15(11)10-12(2)13-5-7-14(8-6-13)21-16(17,18)19/h3-9,12H,10H2,1-2H3. The molecule has 0 fully saturated rings. The summed E-state index contributed by atoms with van der Waals surface area (Å²) in [7, 11) is 0. The van der Waals surface area contributed by atoms with Gasteiger partial charge in [0, 0.05) is 11.9 Å². The van der Waals surface area contributed by atoms with E-state index < -0.39 is 6.36 Å². The Balaban J connectivity index is 2.06. The van der Waals surface area contributed by atoms with Crippen molar-refractivity contribution in [3.05, 3.63) is 59.4 Å². The summed E-state index contributed by atoms with van der Waals surface area (Å²) in [5.41, 5.74) is 3.07. The van der Waals surface area contributed by atoms with Gasteiger partial charge >= 0.3 is 6.36 Å². The molecule has 0 aliphatic carbocycles. The van der Waals surface area contributed by atoms with Crippen molar-refractivity contribution in [3.63, 3.8) is 0 Å². The summed E-state index contributed by atoms with van der Waals surface area (Å²) in [5.74, 6) is -0.0361. The van der Waals surface area contributed by atoms with Crippen LogP contribution in [0.1, 0.15) is 29.7 Å². The highest BCUT2D eigenvalue weighted by atomic mass is 19.4. The van der Waals surface area contributed by atoms with Crippen molar-refractivity contribution in [1.29, 1.82) is 0 Å². The van der Waals surface area contributed by atoms with E-state index in [9.17, 15) is 13.2 Å². The predicted octanol–water partition coefficient (Wildman–Crippen LogP) is 4.63. The average Bonchev–Trinajstić information content (AvgIpc) is 2.40. The molecule has 21 heavy (non-hydrogen) atoms. The molecule has 112 valence electrons. The van der Waals surface area contributed by atoms with Gasteiger partial charge in [-0.05, 0) is 48.6 Å². The third-order valence-corrected chi connectivity index (χ3v) is 3.30. The van der Waals surface area contributed by atoms with E-state index in [0.717, 1.165) is 23.2 Å². The van der Waals surface area contributed by atoms with Gasteiger partial charge in [0.05, 0.1) is 0 Å². The molecule has 2 rings (SSSR count). The van der Waals surface area contributed by atoms with Gasteiger partial charge in [0.15, 0.2) is 0 Å². The second-order valence-electron chi connectivity index (χ2n) is 4.99. The van der Waals surface area contributed by atoms with Gasteiger partial charge in [-0.15, -0.1) is 13.2 Å². The number of halogens is 3. The Bertz CT molecular complexity index is 593. The molecule has 0 amide bonds. The zero-order valence-corrected chi connectivity index (χ0v) is 11.8. The van der Waals surface area contributed by atoms with E-state index in [1.807, 2.05) is 26.0 Å². The average molecular weight is 295 g/mol. The zero-order chi connectivity index (χ0) is 15.5. The Morgan fingerprint density at radius 1 is 1.14 bits per heavy atom. The zero-order valence-electron chi connectivity index (χ0n) is 11.8. The van der Waals surface area contributed by atoms with Crippen molar-refractivity contribution in [2.24, 2.45) is 0 Å². The molecule has 0 radical (unpaired) electrons. The molecule has 1 aromatic carbocycles. The number of ether oxygens (including phenoxy) is 1. The fourth-order valence-electron chi connectivity index (χ4n) is 2.14. The summed E-state index contributed by atoms with van der Waals surface area (Å²) in [5, 5.41) is 0. The van der Waals surface area contributed by atoms with E-state index in [1.165, 1.54) is 12.1 Å². The molecule has 2 nitrogen and oxygen atoms in total. The fraction of sp³-hybridized carbons (Fsp3) is 0.312. The fourth-order valence-corrected chi connectivity index (χ4v) is 2.14. The van der Waals surface area contributed by atoms with E-state index in [-0.39, 0.29) is 11.7 Å². The summed E-state index contributed by atoms with van der Waals surface area (Å²) < 4.78 is 40.2. The molecule has 0 saturated heterocycles. The quantitative estimate of drug-likeness (QED) is 0.820. The first-order valence-electron chi connectivity index (χ1n) is 6.61. The normalized spacial score (nSPS) is 13.0. The maximum atomic E-state index is 12.1. The van der Waals surface area contributed by atoms with Crippen molar-refractivity contribution < 1.29 is 17.9 Å². The van der Waals surface area contributed by atoms with Crippen LogP contribution in [0.15, 0.2) is 42.6 Å². The maximum absolute atomic E-state index is 12.1. The van der Waals surface area contributed by atoms with Crippen LogP contribution in [0.5, 0.6) is 5.75 Å². The van der Waals surface area contributed by atoms with Crippen molar-refractivity contribution in [2.75, 3.05) is 0 Å². The lowest BCUT2D eigenvalue weighted by Gasteiger charge is -2.14. The van der Waals surface area contributed by atoms with Crippen molar-refractivity contribution in [2.45, 2.75) is 32.5 Å². The minimum absolute atomic E-state index is 0.165. The second-order valence-corrected chi connectivity index (χ2v) is 4.99. The Morgan fingerprint density at radius 3 is 2.38 bits per heavy atom. The summed E-state index contributed by atoms with van der Waals surface area (Å²) in [4.78, 5) is 4.34. The molecule has 1 heterocycles. The van der Waals surface area contributed by atoms with E-state index in [2.05, 4.69) is 9.72 Å². The van der Waals surface area contributed by atoms with Crippen LogP contribution in [0.2, 0.25) is 0 Å². The Kier molecular flexibility index (Phi) is 4.50. The van der Waals surface area contributed by atoms with Gasteiger partial charge in [-0.1, -0.05) is 25.1 Å². The molecule has 0 bridgehead atoms. The summed E-state index contributed by atoms with van der Waals surface area (Å²) >= 11 is 0. The SMILES string of the molecule is Cc1cccnc1CC(C)c1ccc(OC(F)(F)F)cc1. The van der Waals surface area contributed by atoms with Crippen LogP contribution >= 0.6 is 0 Å². The molecule has 1 atom stereocenters. The lowest BCUT2D eigenvalue weighted by molar-refractivity contribution is -0.274. The molecule has 0 spiro atoms. The molecule has 1 unspecified atom stereocenters. The van der Waals surface area contributed by atoms with Gasteiger partial charge in [-0.25, -0.2) is 0 Å². The maximum Gasteiger partial charge on any atom is 0.573 e. The Morgan fingerprint density at radius 2 is 1.81 bits per heavy atom. The van der Waals surface area contributed by atoms with Crippen LogP contribution < -0.4 is 4.74 Å². The van der Waals surface area contributed by atoms with E-state index >= 15 is 0 Å². The van der Waals surface area contributed by atoms with Crippen LogP contribution in [0.25, 0.3) is 0 Å². The van der Waals surface area contributed by atoms with Gasteiger partial charge in [0.25, 0.3) is 0 Å². The smallest absolute Gasteiger partial charge is 0.406 e. The van der Waals surface area contributed by atoms with Gasteiger partial charge in [-0.3, -0.25) is 4.98 Å². The van der Waals surface area contributed by atoms with E-state index in [0.29, 0.717) is 0 Å². The molecular weight excluding hydrogens is 279 g/mol. The van der Waals surface area contributed by atoms with Crippen LogP contribution in [0.3, 0.4) is 0 Å². The van der Waals surface area contributed by atoms with Crippen LogP contribution in [0, 0.1) is 6.92 Å². The van der Waals surface area contributed by atoms with Gasteiger partial charge in [0.1, 0.15) is 5.75 Å². The van der Waals surface area contributed by atoms with Gasteiger partial charge in [-0.2, -0.15) is 0 Å². The molecular formula is C16H16F3NO. The third-order valence-electron chi connectivity index (χ3n) is 3.30. The first-order valence-corrected chi connectivity index (χ1v) is 6.61. The second kappa shape index (κ2) is 6.16. The number of nitrogens with zero attached hydrogens (tertiary/aromatic N) is 1. The number of aryl methyl sites for hydroxylation is 1. The lowest BCUT2D eigenvalue weighted by Crippen LogP contribution is -2.17. The minimum atomic E-state index is -4.65. The highest BCUT2D eigenvalue weighted by molar-refractivity contribution is 5.30. The van der Waals surface area contributed by atoms with Gasteiger partial charge < -0.3 is 4.74 Å². The Labute approximate surface area is 121 Å². The van der Waals surface area contributed by atoms with Crippen molar-refractivity contribution >= 4 is 0 Å². The molecule has 0 saturated carbocycles. The molecule has 0 N–H and O–H groups in total. The number of alkyl halides is 3. The lowest BCUT2D eigenvalue weighted by atomic mass is 9.94. The van der Waals surface area contributed by atoms with Gasteiger partial charge in [0.2, 0.25) is 0 Å². The topological polar surface area (TPSA) is 22.1 Å². The summed E-state index contributed by atoms with van der Waals surface area (Å²) in [6.07, 6.45) is -2.17. The molecule has 2 aromatic rings. The molecule has 1 aromatic heterocycles. The van der Waals surface area contributed by atoms with Crippen LogP contribution in [0.4, 0.5) is 13.2 Å². The number of hydrogen-bond donors (Lipinski definition) is 0. The number of pyridine rings is 1. The highest BCUT2D eigenvalue weighted by Gasteiger charge is 2.31. The first kappa shape index (κ1) is 15.4. The highest BCUT2D eigenvalue weighted by Crippen LogP contribution is 2.26. The van der Waals surface area contributed by atoms with Crippen molar-refractivity contribution in [3.8, 4) is 5.75 Å². The number of rotatable bonds is 4. The molecule has 0 aliphatic rings. The number of benzene rings is 1. The monoisotopic (exact) mass is 295 g/mol. The molecule has 0 aliphatic heterocycles. The van der Waals surface area contributed by atoms with E-state index in [1.54, 1.807) is 18.3 Å². The molecule has 5 heteroatoms. The summed E-state index contributed by atoms with van der Waals surface area (Å²) in [6.45, 7) is 4.02. The number of aromatic nitrogens is 1. The predicted molar refractivity (Wildman–Crippen MR) is 74.2 cm³/mol. The first-order chi connectivity index (χ1) is 9.85. The minimum Gasteiger partial charge on any atom is -0.406 e. The Hall–Kier alpha value is -2.04. The van der Waals surface area contributed by atoms with Crippen molar-refractivity contribution in [1.82, 2.24) is 4.98 Å². The van der Waals surface area contributed by atoms with E-state index in [4.69, 9.17) is 0 Å². The largest absolute Gasteiger partial charge is 0.573 e. The number of hydrogen-bond acceptors (Lipinski definition) is 2. The van der Waals surface area contributed by atoms with Crippen LogP contribution in [-0.4, -0.2) is 11.3 Å². The van der Waals surface area contributed by atoms with Crippen LogP contribution in [-0.2, 0) is 6.42 Å². The summed E-state index contributed by atoms with van der Waals surface area (Å²) in [6, 6.07) is 9.87.